The van der Waals surface area contributed by atoms with Crippen molar-refractivity contribution in [1.82, 2.24) is 4.57 Å². The summed E-state index contributed by atoms with van der Waals surface area (Å²) in [6.45, 7) is 41.9. The molecule has 0 saturated carbocycles. The van der Waals surface area contributed by atoms with Gasteiger partial charge in [-0.3, -0.25) is 0 Å². The van der Waals surface area contributed by atoms with Crippen LogP contribution in [0, 0.1) is 0 Å². The highest BCUT2D eigenvalue weighted by Crippen LogP contribution is 2.48. The van der Waals surface area contributed by atoms with Crippen LogP contribution >= 0.6 is 0 Å². The van der Waals surface area contributed by atoms with Gasteiger partial charge < -0.3 is 14.4 Å². The Morgan fingerprint density at radius 2 is 0.586 bits per heavy atom. The van der Waals surface area contributed by atoms with Gasteiger partial charge in [-0.2, -0.15) is 0 Å². The maximum atomic E-state index is 2.59. The lowest BCUT2D eigenvalue weighted by atomic mass is 9.33. The fourth-order valence-corrected chi connectivity index (χ4v) is 11.1. The first-order valence-corrected chi connectivity index (χ1v) is 25.9. The summed E-state index contributed by atoms with van der Waals surface area (Å²) in [5, 5.41) is 2.59. The predicted octanol–water partition coefficient (Wildman–Crippen LogP) is 16.7. The molecule has 0 bridgehead atoms. The van der Waals surface area contributed by atoms with E-state index in [1.165, 1.54) is 94.3 Å². The molecule has 3 heterocycles. The molecule has 0 spiro atoms. The van der Waals surface area contributed by atoms with Gasteiger partial charge in [-0.25, -0.2) is 0 Å². The van der Waals surface area contributed by atoms with Crippen molar-refractivity contribution in [3.05, 3.63) is 167 Å². The number of hydrogen-bond donors (Lipinski definition) is 0. The molecule has 8 aromatic rings. The summed E-state index contributed by atoms with van der Waals surface area (Å²) >= 11 is 0. The summed E-state index contributed by atoms with van der Waals surface area (Å²) in [4.78, 5) is 5.19. The molecule has 4 heteroatoms. The summed E-state index contributed by atoms with van der Waals surface area (Å²) in [6, 6.07) is 53.0. The molecule has 2 aliphatic rings. The fourth-order valence-electron chi connectivity index (χ4n) is 11.1. The van der Waals surface area contributed by atoms with E-state index in [0.717, 1.165) is 17.1 Å². The first-order chi connectivity index (χ1) is 32.5. The quantitative estimate of drug-likeness (QED) is 0.164. The van der Waals surface area contributed by atoms with Crippen LogP contribution in [-0.2, 0) is 32.5 Å². The lowest BCUT2D eigenvalue weighted by molar-refractivity contribution is 0.590. The molecule has 0 fully saturated rings. The number of hydrogen-bond acceptors (Lipinski definition) is 2. The summed E-state index contributed by atoms with van der Waals surface area (Å²) in [6.07, 6.45) is 0. The smallest absolute Gasteiger partial charge is 0.252 e. The number of rotatable bonds is 3. The van der Waals surface area contributed by atoms with Gasteiger partial charge in [-0.15, -0.1) is 0 Å². The van der Waals surface area contributed by atoms with Gasteiger partial charge in [0.25, 0.3) is 6.71 Å². The normalized spacial score (nSPS) is 14.3. The minimum Gasteiger partial charge on any atom is -0.311 e. The van der Waals surface area contributed by atoms with E-state index in [9.17, 15) is 0 Å². The van der Waals surface area contributed by atoms with Crippen LogP contribution in [0.2, 0.25) is 0 Å². The van der Waals surface area contributed by atoms with Crippen molar-refractivity contribution >= 4 is 79.0 Å². The Labute approximate surface area is 421 Å². The maximum Gasteiger partial charge on any atom is 0.252 e. The Morgan fingerprint density at radius 3 is 0.914 bits per heavy atom. The molecule has 0 N–H and O–H groups in total. The number of nitrogens with zero attached hydrogens (tertiary/aromatic N) is 3. The Hall–Kier alpha value is -6.00. The monoisotopic (exact) mass is 922 g/mol. The Kier molecular flexibility index (Phi) is 10.7. The molecule has 1 aromatic heterocycles. The molecule has 70 heavy (non-hydrogen) atoms. The van der Waals surface area contributed by atoms with Crippen LogP contribution in [0.4, 0.5) is 34.1 Å². The summed E-state index contributed by atoms with van der Waals surface area (Å²) in [5.74, 6) is 0. The molecule has 0 radical (unpaired) electrons. The second-order valence-corrected chi connectivity index (χ2v) is 26.9. The minimum atomic E-state index is -0.0387. The third-order valence-corrected chi connectivity index (χ3v) is 15.5. The van der Waals surface area contributed by atoms with Crippen molar-refractivity contribution in [3.63, 3.8) is 0 Å². The van der Waals surface area contributed by atoms with Crippen LogP contribution in [0.1, 0.15) is 158 Å². The molecule has 358 valence electrons. The number of aromatic nitrogens is 1. The first-order valence-electron chi connectivity index (χ1n) is 25.9. The molecular formula is C66H76BN3. The average molecular weight is 922 g/mol. The summed E-state index contributed by atoms with van der Waals surface area (Å²) in [7, 11) is 0. The second kappa shape index (κ2) is 15.8. The predicted molar refractivity (Wildman–Crippen MR) is 307 cm³/mol. The van der Waals surface area contributed by atoms with Crippen molar-refractivity contribution in [3.8, 4) is 5.69 Å². The van der Waals surface area contributed by atoms with Gasteiger partial charge >= 0.3 is 0 Å². The van der Waals surface area contributed by atoms with Crippen LogP contribution < -0.4 is 26.2 Å². The van der Waals surface area contributed by atoms with Gasteiger partial charge in [-0.05, 0) is 155 Å². The highest BCUT2D eigenvalue weighted by molar-refractivity contribution is 7.00. The van der Waals surface area contributed by atoms with Gasteiger partial charge in [0.05, 0.1) is 16.7 Å². The van der Waals surface area contributed by atoms with Gasteiger partial charge in [0, 0.05) is 44.9 Å². The molecule has 2 aliphatic heterocycles. The van der Waals surface area contributed by atoms with Gasteiger partial charge in [0.2, 0.25) is 0 Å². The Balaban J connectivity index is 1.37. The van der Waals surface area contributed by atoms with Crippen LogP contribution in [-0.4, -0.2) is 11.3 Å². The highest BCUT2D eigenvalue weighted by atomic mass is 15.2. The Morgan fingerprint density at radius 1 is 0.286 bits per heavy atom. The molecule has 7 aromatic carbocycles. The lowest BCUT2D eigenvalue weighted by Gasteiger charge is -2.45. The van der Waals surface area contributed by atoms with E-state index >= 15 is 0 Å². The van der Waals surface area contributed by atoms with E-state index in [0.29, 0.717) is 0 Å². The van der Waals surface area contributed by atoms with Crippen molar-refractivity contribution in [2.24, 2.45) is 0 Å². The number of anilines is 6. The third-order valence-electron chi connectivity index (χ3n) is 15.5. The van der Waals surface area contributed by atoms with E-state index in [-0.39, 0.29) is 39.2 Å². The number of fused-ring (bicyclic) bond motifs is 7. The molecular weight excluding hydrogens is 846 g/mol. The maximum absolute atomic E-state index is 2.59. The van der Waals surface area contributed by atoms with Crippen molar-refractivity contribution in [2.75, 3.05) is 9.80 Å². The minimum absolute atomic E-state index is 0.00181. The molecule has 0 saturated heterocycles. The zero-order valence-electron chi connectivity index (χ0n) is 45.6. The van der Waals surface area contributed by atoms with E-state index in [4.69, 9.17) is 0 Å². The van der Waals surface area contributed by atoms with Crippen molar-refractivity contribution < 1.29 is 0 Å². The van der Waals surface area contributed by atoms with Crippen molar-refractivity contribution in [2.45, 2.75) is 157 Å². The second-order valence-electron chi connectivity index (χ2n) is 26.9. The molecule has 3 nitrogen and oxygen atoms in total. The largest absolute Gasteiger partial charge is 0.311 e. The molecule has 0 amide bonds. The molecule has 0 unspecified atom stereocenters. The zero-order valence-corrected chi connectivity index (χ0v) is 45.6. The van der Waals surface area contributed by atoms with Crippen LogP contribution in [0.15, 0.2) is 133 Å². The topological polar surface area (TPSA) is 11.4 Å². The van der Waals surface area contributed by atoms with E-state index in [2.05, 4.69) is 272 Å². The highest BCUT2D eigenvalue weighted by Gasteiger charge is 2.45. The molecule has 0 aliphatic carbocycles. The molecule has 0 atom stereocenters. The zero-order chi connectivity index (χ0) is 50.4. The standard InChI is InChI=1S/C66H76BN3/c1-61(2,3)41-19-27-47(28-20-41)68-56-33-25-45(65(13,14)15)37-52(56)67-53-38-46(66(16,17)18)26-34-57(53)69(48-29-21-42(22-30-48)62(4,5)6)59-40-49(39-58(68)60(59)67)70-54-31-23-43(63(7,8)9)35-50(54)51-36-44(64(10,11)12)24-32-55(51)70/h19-40H,1-18H3. The lowest BCUT2D eigenvalue weighted by Crippen LogP contribution is -2.61. The molecule has 10 rings (SSSR count). The Bertz CT molecular complexity index is 3140. The summed E-state index contributed by atoms with van der Waals surface area (Å²) < 4.78 is 2.56. The van der Waals surface area contributed by atoms with Gasteiger partial charge in [-0.1, -0.05) is 185 Å². The first kappa shape index (κ1) is 47.7. The van der Waals surface area contributed by atoms with E-state index < -0.39 is 0 Å². The number of benzene rings is 7. The van der Waals surface area contributed by atoms with Crippen molar-refractivity contribution in [1.29, 1.82) is 0 Å². The van der Waals surface area contributed by atoms with Gasteiger partial charge in [0.15, 0.2) is 0 Å². The fraction of sp³-hybridized carbons (Fsp3) is 0.364. The van der Waals surface area contributed by atoms with Crippen LogP contribution in [0.5, 0.6) is 0 Å². The average Bonchev–Trinajstić information content (AvgIpc) is 3.60. The summed E-state index contributed by atoms with van der Waals surface area (Å²) in [5.41, 5.74) is 22.9. The third kappa shape index (κ3) is 7.98. The van der Waals surface area contributed by atoms with Gasteiger partial charge in [0.1, 0.15) is 0 Å². The van der Waals surface area contributed by atoms with Crippen LogP contribution in [0.25, 0.3) is 27.5 Å². The van der Waals surface area contributed by atoms with Crippen LogP contribution in [0.3, 0.4) is 0 Å². The SMILES string of the molecule is CC(C)(C)c1ccc(N2c3ccc(C(C)(C)C)cc3B3c4cc(C(C)(C)C)ccc4N(c4ccc(C(C)(C)C)cc4)c4cc(-n5c6ccc(C(C)(C)C)cc6c6cc(C(C)(C)C)ccc65)cc2c43)cc1. The van der Waals surface area contributed by atoms with E-state index in [1.807, 2.05) is 0 Å². The van der Waals surface area contributed by atoms with E-state index in [1.54, 1.807) is 0 Å².